The SMILES string of the molecule is CCCCCCCC/C=C/CCCCCCCCCCCC(=O)OC[C@H](COP(=O)(O)OCCN)OC(=O)CCCCCCCCCCCCCCCCCCCCC. The highest BCUT2D eigenvalue weighted by molar-refractivity contribution is 7.47. The molecule has 2 atom stereocenters. The van der Waals surface area contributed by atoms with Crippen molar-refractivity contribution in [2.45, 2.75) is 264 Å². The Hall–Kier alpha value is -1.25. The van der Waals surface area contributed by atoms with Crippen molar-refractivity contribution >= 4 is 19.8 Å². The molecule has 350 valence electrons. The molecule has 3 N–H and O–H groups in total. The highest BCUT2D eigenvalue weighted by Gasteiger charge is 2.26. The third-order valence-electron chi connectivity index (χ3n) is 11.2. The zero-order valence-electron chi connectivity index (χ0n) is 38.8. The van der Waals surface area contributed by atoms with E-state index >= 15 is 0 Å². The molecule has 0 saturated heterocycles. The first-order valence-corrected chi connectivity index (χ1v) is 26.7. The number of carbonyl (C=O) groups is 2. The van der Waals surface area contributed by atoms with E-state index in [1.54, 1.807) is 0 Å². The summed E-state index contributed by atoms with van der Waals surface area (Å²) in [6, 6.07) is 0. The molecule has 0 amide bonds. The van der Waals surface area contributed by atoms with Gasteiger partial charge in [0.15, 0.2) is 6.10 Å². The molecular weight excluding hydrogens is 762 g/mol. The van der Waals surface area contributed by atoms with Crippen LogP contribution in [0.5, 0.6) is 0 Å². The van der Waals surface area contributed by atoms with Crippen LogP contribution < -0.4 is 5.73 Å². The number of ether oxygens (including phenoxy) is 2. The number of carbonyl (C=O) groups excluding carboxylic acids is 2. The number of phosphoric acid groups is 1. The molecule has 0 spiro atoms. The molecule has 0 aromatic rings. The molecule has 0 aromatic heterocycles. The van der Waals surface area contributed by atoms with E-state index in [2.05, 4.69) is 26.0 Å². The Morgan fingerprint density at radius 1 is 0.492 bits per heavy atom. The summed E-state index contributed by atoms with van der Waals surface area (Å²) in [5.41, 5.74) is 5.36. The molecule has 0 radical (unpaired) electrons. The highest BCUT2D eigenvalue weighted by Crippen LogP contribution is 2.43. The first-order valence-electron chi connectivity index (χ1n) is 25.2. The van der Waals surface area contributed by atoms with Crippen molar-refractivity contribution in [2.75, 3.05) is 26.4 Å². The molecule has 0 aliphatic rings. The zero-order chi connectivity index (χ0) is 43.2. The molecule has 0 fully saturated rings. The van der Waals surface area contributed by atoms with E-state index in [9.17, 15) is 19.0 Å². The van der Waals surface area contributed by atoms with Gasteiger partial charge < -0.3 is 20.1 Å². The van der Waals surface area contributed by atoms with Crippen molar-refractivity contribution in [3.63, 3.8) is 0 Å². The maximum atomic E-state index is 12.6. The first-order chi connectivity index (χ1) is 28.8. The number of hydrogen-bond acceptors (Lipinski definition) is 8. The average molecular weight is 858 g/mol. The molecule has 1 unspecified atom stereocenters. The number of rotatable bonds is 48. The molecule has 0 saturated carbocycles. The minimum Gasteiger partial charge on any atom is -0.462 e. The first kappa shape index (κ1) is 57.8. The van der Waals surface area contributed by atoms with Crippen LogP contribution >= 0.6 is 7.82 Å². The van der Waals surface area contributed by atoms with Gasteiger partial charge in [0.05, 0.1) is 13.2 Å². The van der Waals surface area contributed by atoms with Crippen LogP contribution in [0.1, 0.15) is 258 Å². The van der Waals surface area contributed by atoms with Crippen LogP contribution in [0.2, 0.25) is 0 Å². The standard InChI is InChI=1S/C49H96NO8P/c1-3-5-7-9-11-13-15-17-19-21-23-25-27-29-31-33-35-37-39-41-48(51)55-45-47(46-57-59(53,54)56-44-43-50)58-49(52)42-40-38-36-34-32-30-28-26-24-22-20-18-16-14-12-10-8-6-4-2/h17,19,47H,3-16,18,20-46,50H2,1-2H3,(H,53,54)/b19-17+/t47-/m1/s1. The van der Waals surface area contributed by atoms with Crippen molar-refractivity contribution in [1.82, 2.24) is 0 Å². The fourth-order valence-electron chi connectivity index (χ4n) is 7.40. The molecule has 0 heterocycles. The molecule has 0 rings (SSSR count). The Balaban J connectivity index is 4.02. The Labute approximate surface area is 364 Å². The van der Waals surface area contributed by atoms with Gasteiger partial charge in [-0.05, 0) is 38.5 Å². The van der Waals surface area contributed by atoms with Crippen molar-refractivity contribution in [2.24, 2.45) is 5.73 Å². The van der Waals surface area contributed by atoms with Gasteiger partial charge in [0.1, 0.15) is 6.61 Å². The lowest BCUT2D eigenvalue weighted by atomic mass is 10.0. The van der Waals surface area contributed by atoms with Gasteiger partial charge >= 0.3 is 19.8 Å². The Bertz CT molecular complexity index is 980. The molecule has 0 aromatic carbocycles. The minimum atomic E-state index is -4.38. The Morgan fingerprint density at radius 2 is 0.831 bits per heavy atom. The summed E-state index contributed by atoms with van der Waals surface area (Å²) in [7, 11) is -4.38. The monoisotopic (exact) mass is 858 g/mol. The third kappa shape index (κ3) is 46.1. The number of esters is 2. The third-order valence-corrected chi connectivity index (χ3v) is 12.1. The van der Waals surface area contributed by atoms with Crippen LogP contribution in [-0.2, 0) is 32.7 Å². The van der Waals surface area contributed by atoms with Gasteiger partial charge in [-0.3, -0.25) is 18.6 Å². The summed E-state index contributed by atoms with van der Waals surface area (Å²) >= 11 is 0. The number of unbranched alkanes of at least 4 members (excludes halogenated alkanes) is 33. The van der Waals surface area contributed by atoms with Gasteiger partial charge in [-0.25, -0.2) is 4.57 Å². The largest absolute Gasteiger partial charge is 0.472 e. The van der Waals surface area contributed by atoms with Crippen molar-refractivity contribution in [1.29, 1.82) is 0 Å². The maximum Gasteiger partial charge on any atom is 0.472 e. The fraction of sp³-hybridized carbons (Fsp3) is 0.918. The summed E-state index contributed by atoms with van der Waals surface area (Å²) in [6.07, 6.45) is 49.6. The number of phosphoric ester groups is 1. The normalized spacial score (nSPS) is 13.2. The predicted octanol–water partition coefficient (Wildman–Crippen LogP) is 15.0. The molecule has 0 aliphatic heterocycles. The Kier molecular flexibility index (Phi) is 45.3. The van der Waals surface area contributed by atoms with Crippen LogP contribution in [0.3, 0.4) is 0 Å². The van der Waals surface area contributed by atoms with Gasteiger partial charge in [-0.15, -0.1) is 0 Å². The fourth-order valence-corrected chi connectivity index (χ4v) is 8.16. The zero-order valence-corrected chi connectivity index (χ0v) is 39.7. The van der Waals surface area contributed by atoms with Crippen LogP contribution in [0.4, 0.5) is 0 Å². The summed E-state index contributed by atoms with van der Waals surface area (Å²) in [4.78, 5) is 35.0. The summed E-state index contributed by atoms with van der Waals surface area (Å²) in [5, 5.41) is 0. The van der Waals surface area contributed by atoms with Gasteiger partial charge in [0.2, 0.25) is 0 Å². The Morgan fingerprint density at radius 3 is 1.20 bits per heavy atom. The minimum absolute atomic E-state index is 0.0564. The number of nitrogens with two attached hydrogens (primary N) is 1. The molecular formula is C49H96NO8P. The number of allylic oxidation sites excluding steroid dienone is 2. The van der Waals surface area contributed by atoms with Gasteiger partial charge in [0, 0.05) is 19.4 Å². The maximum absolute atomic E-state index is 12.6. The lowest BCUT2D eigenvalue weighted by Crippen LogP contribution is -2.29. The van der Waals surface area contributed by atoms with Crippen LogP contribution in [0, 0.1) is 0 Å². The smallest absolute Gasteiger partial charge is 0.462 e. The second-order valence-electron chi connectivity index (χ2n) is 17.0. The van der Waals surface area contributed by atoms with Crippen molar-refractivity contribution in [3.8, 4) is 0 Å². The molecule has 0 aliphatic carbocycles. The van der Waals surface area contributed by atoms with E-state index in [0.717, 1.165) is 32.1 Å². The van der Waals surface area contributed by atoms with Gasteiger partial charge in [-0.1, -0.05) is 219 Å². The van der Waals surface area contributed by atoms with Crippen LogP contribution in [0.25, 0.3) is 0 Å². The molecule has 59 heavy (non-hydrogen) atoms. The predicted molar refractivity (Wildman–Crippen MR) is 248 cm³/mol. The van der Waals surface area contributed by atoms with E-state index in [1.165, 1.54) is 193 Å². The lowest BCUT2D eigenvalue weighted by Gasteiger charge is -2.19. The van der Waals surface area contributed by atoms with Crippen molar-refractivity contribution in [3.05, 3.63) is 12.2 Å². The van der Waals surface area contributed by atoms with E-state index in [-0.39, 0.29) is 38.6 Å². The van der Waals surface area contributed by atoms with Crippen molar-refractivity contribution < 1.29 is 37.6 Å². The highest BCUT2D eigenvalue weighted by atomic mass is 31.2. The van der Waals surface area contributed by atoms with E-state index in [1.807, 2.05) is 0 Å². The van der Waals surface area contributed by atoms with Gasteiger partial charge in [-0.2, -0.15) is 0 Å². The topological polar surface area (TPSA) is 134 Å². The molecule has 9 nitrogen and oxygen atoms in total. The second-order valence-corrected chi connectivity index (χ2v) is 18.5. The van der Waals surface area contributed by atoms with Crippen LogP contribution in [-0.4, -0.2) is 49.3 Å². The summed E-state index contributed by atoms with van der Waals surface area (Å²) < 4.78 is 32.9. The summed E-state index contributed by atoms with van der Waals surface area (Å²) in [5.74, 6) is -0.814. The molecule has 10 heteroatoms. The summed E-state index contributed by atoms with van der Waals surface area (Å²) in [6.45, 7) is 3.78. The van der Waals surface area contributed by atoms with E-state index < -0.39 is 26.5 Å². The quantitative estimate of drug-likeness (QED) is 0.0265. The average Bonchev–Trinajstić information content (AvgIpc) is 3.22. The number of hydrogen-bond donors (Lipinski definition) is 2. The van der Waals surface area contributed by atoms with E-state index in [0.29, 0.717) is 6.42 Å². The van der Waals surface area contributed by atoms with E-state index in [4.69, 9.17) is 24.3 Å². The molecule has 0 bridgehead atoms. The second kappa shape index (κ2) is 46.3. The van der Waals surface area contributed by atoms with Gasteiger partial charge in [0.25, 0.3) is 0 Å². The lowest BCUT2D eigenvalue weighted by molar-refractivity contribution is -0.161. The van der Waals surface area contributed by atoms with Crippen LogP contribution in [0.15, 0.2) is 12.2 Å².